The quantitative estimate of drug-likeness (QED) is 0.410. The summed E-state index contributed by atoms with van der Waals surface area (Å²) in [4.78, 5) is 26.5. The lowest BCUT2D eigenvalue weighted by Crippen LogP contribution is -2.49. The predicted octanol–water partition coefficient (Wildman–Crippen LogP) is 3.77. The summed E-state index contributed by atoms with van der Waals surface area (Å²) in [5, 5.41) is 0.697. The monoisotopic (exact) mass is 499 g/mol. The zero-order valence-electron chi connectivity index (χ0n) is 20.9. The second-order valence-electron chi connectivity index (χ2n) is 8.68. The largest absolute Gasteiger partial charge is 0.493 e. The van der Waals surface area contributed by atoms with Crippen LogP contribution in [0.1, 0.15) is 15.9 Å². The molecule has 9 heteroatoms. The first-order valence-corrected chi connectivity index (χ1v) is 12.1. The van der Waals surface area contributed by atoms with Crippen LogP contribution in [0.3, 0.4) is 0 Å². The number of carbonyl (C=O) groups excluding carboxylic acids is 1. The SMILES string of the molecule is COc1cc2nc(N3CCN(C(=O)c4ccccc4OCc4ccccc4)CC3)nc(N)c2cc1OC. The number of anilines is 2. The van der Waals surface area contributed by atoms with Gasteiger partial charge in [-0.25, -0.2) is 4.98 Å². The molecule has 1 aliphatic rings. The van der Waals surface area contributed by atoms with Crippen molar-refractivity contribution in [2.75, 3.05) is 51.0 Å². The van der Waals surface area contributed by atoms with E-state index in [4.69, 9.17) is 24.9 Å². The van der Waals surface area contributed by atoms with Gasteiger partial charge in [0.15, 0.2) is 11.5 Å². The molecule has 37 heavy (non-hydrogen) atoms. The topological polar surface area (TPSA) is 103 Å². The number of hydrogen-bond donors (Lipinski definition) is 1. The number of nitrogens with two attached hydrogens (primary N) is 1. The van der Waals surface area contributed by atoms with Crippen LogP contribution < -0.4 is 24.8 Å². The summed E-state index contributed by atoms with van der Waals surface area (Å²) in [5.41, 5.74) is 8.53. The van der Waals surface area contributed by atoms with Crippen LogP contribution >= 0.6 is 0 Å². The summed E-state index contributed by atoms with van der Waals surface area (Å²) in [6, 6.07) is 20.8. The van der Waals surface area contributed by atoms with Crippen LogP contribution in [-0.4, -0.2) is 61.2 Å². The number of methoxy groups -OCH3 is 2. The number of ether oxygens (including phenoxy) is 3. The van der Waals surface area contributed by atoms with Crippen LogP contribution in [0, 0.1) is 0 Å². The molecule has 4 aromatic rings. The van der Waals surface area contributed by atoms with Crippen molar-refractivity contribution in [3.05, 3.63) is 77.9 Å². The van der Waals surface area contributed by atoms with E-state index < -0.39 is 0 Å². The summed E-state index contributed by atoms with van der Waals surface area (Å²) in [5.74, 6) is 2.55. The van der Waals surface area contributed by atoms with Gasteiger partial charge in [-0.3, -0.25) is 4.79 Å². The third-order valence-corrected chi connectivity index (χ3v) is 6.42. The van der Waals surface area contributed by atoms with E-state index in [0.29, 0.717) is 78.3 Å². The molecule has 1 saturated heterocycles. The Kier molecular flexibility index (Phi) is 6.93. The molecule has 0 unspecified atom stereocenters. The van der Waals surface area contributed by atoms with Crippen LogP contribution in [0.2, 0.25) is 0 Å². The van der Waals surface area contributed by atoms with Crippen molar-refractivity contribution in [3.8, 4) is 17.2 Å². The molecule has 3 aromatic carbocycles. The number of hydrogen-bond acceptors (Lipinski definition) is 8. The molecule has 5 rings (SSSR count). The molecule has 0 spiro atoms. The van der Waals surface area contributed by atoms with E-state index in [-0.39, 0.29) is 5.91 Å². The minimum atomic E-state index is -0.0564. The highest BCUT2D eigenvalue weighted by atomic mass is 16.5. The average molecular weight is 500 g/mol. The first-order valence-electron chi connectivity index (χ1n) is 12.1. The van der Waals surface area contributed by atoms with Gasteiger partial charge in [-0.1, -0.05) is 42.5 Å². The number of nitrogens with zero attached hydrogens (tertiary/aromatic N) is 4. The number of piperazine rings is 1. The van der Waals surface area contributed by atoms with E-state index in [1.807, 2.05) is 64.4 Å². The van der Waals surface area contributed by atoms with Crippen molar-refractivity contribution in [2.24, 2.45) is 0 Å². The van der Waals surface area contributed by atoms with Gasteiger partial charge < -0.3 is 29.7 Å². The summed E-state index contributed by atoms with van der Waals surface area (Å²) >= 11 is 0. The predicted molar refractivity (Wildman–Crippen MR) is 142 cm³/mol. The highest BCUT2D eigenvalue weighted by Gasteiger charge is 2.26. The molecule has 1 aliphatic heterocycles. The number of para-hydroxylation sites is 1. The number of amides is 1. The highest BCUT2D eigenvalue weighted by molar-refractivity contribution is 5.97. The number of carbonyl (C=O) groups is 1. The summed E-state index contributed by atoms with van der Waals surface area (Å²) in [6.07, 6.45) is 0. The Morgan fingerprint density at radius 1 is 0.865 bits per heavy atom. The molecule has 0 aliphatic carbocycles. The molecule has 1 fully saturated rings. The normalized spacial score (nSPS) is 13.5. The Morgan fingerprint density at radius 2 is 1.54 bits per heavy atom. The molecule has 2 N–H and O–H groups in total. The second kappa shape index (κ2) is 10.6. The molecular weight excluding hydrogens is 470 g/mol. The maximum atomic E-state index is 13.4. The van der Waals surface area contributed by atoms with E-state index in [1.54, 1.807) is 26.4 Å². The fourth-order valence-corrected chi connectivity index (χ4v) is 4.39. The van der Waals surface area contributed by atoms with Gasteiger partial charge >= 0.3 is 0 Å². The lowest BCUT2D eigenvalue weighted by atomic mass is 10.1. The van der Waals surface area contributed by atoms with Crippen LogP contribution in [0.4, 0.5) is 11.8 Å². The van der Waals surface area contributed by atoms with E-state index in [0.717, 1.165) is 5.56 Å². The van der Waals surface area contributed by atoms with Crippen molar-refractivity contribution in [1.82, 2.24) is 14.9 Å². The molecule has 0 bridgehead atoms. The van der Waals surface area contributed by atoms with Crippen molar-refractivity contribution in [1.29, 1.82) is 0 Å². The second-order valence-corrected chi connectivity index (χ2v) is 8.68. The van der Waals surface area contributed by atoms with Crippen molar-refractivity contribution >= 4 is 28.6 Å². The number of fused-ring (bicyclic) bond motifs is 1. The molecule has 2 heterocycles. The Labute approximate surface area is 215 Å². The minimum Gasteiger partial charge on any atom is -0.493 e. The van der Waals surface area contributed by atoms with Gasteiger partial charge in [-0.2, -0.15) is 4.98 Å². The Balaban J connectivity index is 1.29. The van der Waals surface area contributed by atoms with E-state index in [1.165, 1.54) is 0 Å². The van der Waals surface area contributed by atoms with E-state index in [2.05, 4.69) is 4.98 Å². The van der Waals surface area contributed by atoms with Gasteiger partial charge in [0.1, 0.15) is 18.2 Å². The van der Waals surface area contributed by atoms with Crippen LogP contribution in [-0.2, 0) is 6.61 Å². The number of nitrogen functional groups attached to an aromatic ring is 1. The lowest BCUT2D eigenvalue weighted by Gasteiger charge is -2.35. The van der Waals surface area contributed by atoms with Gasteiger partial charge in [-0.05, 0) is 23.8 Å². The van der Waals surface area contributed by atoms with Gasteiger partial charge in [0.2, 0.25) is 5.95 Å². The molecule has 0 saturated carbocycles. The van der Waals surface area contributed by atoms with Crippen LogP contribution in [0.15, 0.2) is 66.7 Å². The summed E-state index contributed by atoms with van der Waals surface area (Å²) in [6.45, 7) is 2.61. The maximum Gasteiger partial charge on any atom is 0.257 e. The number of rotatable bonds is 7. The third-order valence-electron chi connectivity index (χ3n) is 6.42. The standard InChI is InChI=1S/C28H29N5O4/c1-35-24-16-21-22(17-25(24)36-2)30-28(31-26(21)29)33-14-12-32(13-15-33)27(34)20-10-6-7-11-23(20)37-18-19-8-4-3-5-9-19/h3-11,16-17H,12-15,18H2,1-2H3,(H2,29,30,31). The first kappa shape index (κ1) is 24.2. The minimum absolute atomic E-state index is 0.0564. The molecule has 1 amide bonds. The Hall–Kier alpha value is -4.53. The third kappa shape index (κ3) is 5.06. The summed E-state index contributed by atoms with van der Waals surface area (Å²) in [7, 11) is 3.15. The molecule has 9 nitrogen and oxygen atoms in total. The zero-order valence-corrected chi connectivity index (χ0v) is 20.9. The fraction of sp³-hybridized carbons (Fsp3) is 0.250. The Bertz CT molecular complexity index is 1400. The Morgan fingerprint density at radius 3 is 2.27 bits per heavy atom. The molecule has 190 valence electrons. The highest BCUT2D eigenvalue weighted by Crippen LogP contribution is 2.34. The molecule has 1 aromatic heterocycles. The smallest absolute Gasteiger partial charge is 0.257 e. The van der Waals surface area contributed by atoms with E-state index >= 15 is 0 Å². The zero-order chi connectivity index (χ0) is 25.8. The van der Waals surface area contributed by atoms with Crippen molar-refractivity contribution in [3.63, 3.8) is 0 Å². The molecule has 0 atom stereocenters. The summed E-state index contributed by atoms with van der Waals surface area (Å²) < 4.78 is 16.8. The van der Waals surface area contributed by atoms with Crippen LogP contribution in [0.5, 0.6) is 17.2 Å². The molecular formula is C28H29N5O4. The van der Waals surface area contributed by atoms with Gasteiger partial charge in [0.05, 0.1) is 25.3 Å². The lowest BCUT2D eigenvalue weighted by molar-refractivity contribution is 0.0741. The number of benzene rings is 3. The fourth-order valence-electron chi connectivity index (χ4n) is 4.39. The van der Waals surface area contributed by atoms with Crippen molar-refractivity contribution < 1.29 is 19.0 Å². The van der Waals surface area contributed by atoms with Gasteiger partial charge in [-0.15, -0.1) is 0 Å². The number of aromatic nitrogens is 2. The van der Waals surface area contributed by atoms with Gasteiger partial charge in [0.25, 0.3) is 5.91 Å². The first-order chi connectivity index (χ1) is 18.1. The van der Waals surface area contributed by atoms with Crippen molar-refractivity contribution in [2.45, 2.75) is 6.61 Å². The van der Waals surface area contributed by atoms with Crippen LogP contribution in [0.25, 0.3) is 10.9 Å². The maximum absolute atomic E-state index is 13.4. The van der Waals surface area contributed by atoms with E-state index in [9.17, 15) is 4.79 Å². The molecule has 0 radical (unpaired) electrons. The van der Waals surface area contributed by atoms with Gasteiger partial charge in [0, 0.05) is 37.6 Å². The average Bonchev–Trinajstić information content (AvgIpc) is 2.95.